The molecule has 2 rings (SSSR count). The van der Waals surface area contributed by atoms with Gasteiger partial charge in [0.2, 0.25) is 0 Å². The van der Waals surface area contributed by atoms with E-state index in [1.54, 1.807) is 12.1 Å². The van der Waals surface area contributed by atoms with Crippen LogP contribution in [0.15, 0.2) is 24.3 Å². The van der Waals surface area contributed by atoms with Crippen molar-refractivity contribution in [2.45, 2.75) is 24.9 Å². The molecule has 1 aliphatic rings. The molecule has 1 aromatic rings. The van der Waals surface area contributed by atoms with Crippen LogP contribution in [0.1, 0.15) is 18.4 Å². The first kappa shape index (κ1) is 14.9. The minimum absolute atomic E-state index is 0.109. The van der Waals surface area contributed by atoms with E-state index in [1.165, 1.54) is 12.1 Å². The predicted molar refractivity (Wildman–Crippen MR) is 74.7 cm³/mol. The van der Waals surface area contributed by atoms with Crippen molar-refractivity contribution in [1.29, 1.82) is 0 Å². The highest BCUT2D eigenvalue weighted by Gasteiger charge is 2.28. The lowest BCUT2D eigenvalue weighted by molar-refractivity contribution is -0.384. The lowest BCUT2D eigenvalue weighted by Crippen LogP contribution is -2.45. The van der Waals surface area contributed by atoms with Crippen molar-refractivity contribution in [1.82, 2.24) is 5.32 Å². The molecule has 6 heteroatoms. The van der Waals surface area contributed by atoms with Crippen LogP contribution in [0, 0.1) is 10.1 Å². The summed E-state index contributed by atoms with van der Waals surface area (Å²) in [5, 5.41) is 24.0. The van der Waals surface area contributed by atoms with Crippen LogP contribution < -0.4 is 5.32 Å². The second-order valence-corrected chi connectivity index (χ2v) is 5.19. The van der Waals surface area contributed by atoms with Gasteiger partial charge in [0, 0.05) is 44.7 Å². The van der Waals surface area contributed by atoms with Crippen molar-refractivity contribution in [2.24, 2.45) is 0 Å². The Morgan fingerprint density at radius 1 is 1.30 bits per heavy atom. The smallest absolute Gasteiger partial charge is 0.269 e. The van der Waals surface area contributed by atoms with Crippen LogP contribution in [-0.2, 0) is 11.2 Å². The maximum atomic E-state index is 10.5. The van der Waals surface area contributed by atoms with Crippen molar-refractivity contribution in [2.75, 3.05) is 26.3 Å². The lowest BCUT2D eigenvalue weighted by atomic mass is 9.94. The number of nitrogens with zero attached hydrogens (tertiary/aromatic N) is 1. The van der Waals surface area contributed by atoms with Gasteiger partial charge in [0.15, 0.2) is 0 Å². The molecule has 0 aromatic heterocycles. The van der Waals surface area contributed by atoms with E-state index in [1.807, 2.05) is 0 Å². The van der Waals surface area contributed by atoms with E-state index >= 15 is 0 Å². The molecule has 1 fully saturated rings. The van der Waals surface area contributed by atoms with Gasteiger partial charge in [-0.3, -0.25) is 10.1 Å². The maximum Gasteiger partial charge on any atom is 0.269 e. The number of nitro benzene ring substituents is 1. The molecular formula is C14H20N2O4. The van der Waals surface area contributed by atoms with Crippen LogP contribution in [0.3, 0.4) is 0 Å². The molecule has 0 amide bonds. The van der Waals surface area contributed by atoms with Gasteiger partial charge in [0.1, 0.15) is 0 Å². The average molecular weight is 280 g/mol. The highest BCUT2D eigenvalue weighted by Crippen LogP contribution is 2.19. The highest BCUT2D eigenvalue weighted by molar-refractivity contribution is 5.32. The van der Waals surface area contributed by atoms with Crippen molar-refractivity contribution in [3.8, 4) is 0 Å². The van der Waals surface area contributed by atoms with Gasteiger partial charge in [-0.05, 0) is 18.5 Å². The van der Waals surface area contributed by atoms with Crippen LogP contribution in [-0.4, -0.2) is 41.9 Å². The topological polar surface area (TPSA) is 84.6 Å². The summed E-state index contributed by atoms with van der Waals surface area (Å²) >= 11 is 0. The zero-order valence-electron chi connectivity index (χ0n) is 11.4. The van der Waals surface area contributed by atoms with Crippen LogP contribution in [0.25, 0.3) is 0 Å². The molecule has 1 heterocycles. The number of nitro groups is 1. The molecule has 1 saturated heterocycles. The number of ether oxygens (including phenoxy) is 1. The van der Waals surface area contributed by atoms with Crippen LogP contribution in [0.2, 0.25) is 0 Å². The van der Waals surface area contributed by atoms with Crippen molar-refractivity contribution >= 4 is 5.69 Å². The molecule has 110 valence electrons. The van der Waals surface area contributed by atoms with Crippen molar-refractivity contribution in [3.63, 3.8) is 0 Å². The van der Waals surface area contributed by atoms with E-state index in [-0.39, 0.29) is 5.69 Å². The van der Waals surface area contributed by atoms with Gasteiger partial charge in [-0.2, -0.15) is 0 Å². The van der Waals surface area contributed by atoms with Crippen LogP contribution in [0.5, 0.6) is 0 Å². The Kier molecular flexibility index (Phi) is 5.05. The Bertz CT molecular complexity index is 441. The molecular weight excluding hydrogens is 260 g/mol. The zero-order valence-corrected chi connectivity index (χ0v) is 11.4. The molecule has 0 unspecified atom stereocenters. The molecule has 0 bridgehead atoms. The molecule has 0 saturated carbocycles. The third-order valence-electron chi connectivity index (χ3n) is 3.62. The number of rotatable bonds is 6. The molecule has 1 aliphatic heterocycles. The van der Waals surface area contributed by atoms with Gasteiger partial charge in [-0.1, -0.05) is 12.1 Å². The van der Waals surface area contributed by atoms with Gasteiger partial charge in [0.25, 0.3) is 5.69 Å². The third kappa shape index (κ3) is 4.26. The monoisotopic (exact) mass is 280 g/mol. The fourth-order valence-corrected chi connectivity index (χ4v) is 2.27. The minimum atomic E-state index is -0.659. The minimum Gasteiger partial charge on any atom is -0.388 e. The van der Waals surface area contributed by atoms with Crippen LogP contribution in [0.4, 0.5) is 5.69 Å². The van der Waals surface area contributed by atoms with E-state index in [0.717, 1.165) is 18.5 Å². The van der Waals surface area contributed by atoms with Gasteiger partial charge < -0.3 is 15.2 Å². The lowest BCUT2D eigenvalue weighted by Gasteiger charge is -2.32. The normalized spacial score (nSPS) is 17.9. The Hall–Kier alpha value is -1.50. The van der Waals surface area contributed by atoms with E-state index in [9.17, 15) is 15.2 Å². The van der Waals surface area contributed by atoms with E-state index < -0.39 is 10.5 Å². The Morgan fingerprint density at radius 3 is 2.55 bits per heavy atom. The Labute approximate surface area is 117 Å². The quantitative estimate of drug-likeness (QED) is 0.465. The molecule has 20 heavy (non-hydrogen) atoms. The first-order chi connectivity index (χ1) is 9.59. The standard InChI is InChI=1S/C14H20N2O4/c17-14(6-9-20-10-7-14)11-15-8-5-12-1-3-13(4-2-12)16(18)19/h1-4,15,17H,5-11H2. The van der Waals surface area contributed by atoms with E-state index in [2.05, 4.69) is 5.32 Å². The summed E-state index contributed by atoms with van der Waals surface area (Å²) in [4.78, 5) is 10.1. The number of non-ortho nitro benzene ring substituents is 1. The molecule has 1 aromatic carbocycles. The number of hydrogen-bond donors (Lipinski definition) is 2. The van der Waals surface area contributed by atoms with Gasteiger partial charge in [0.05, 0.1) is 10.5 Å². The maximum absolute atomic E-state index is 10.5. The molecule has 0 atom stereocenters. The van der Waals surface area contributed by atoms with Crippen molar-refractivity contribution in [3.05, 3.63) is 39.9 Å². The van der Waals surface area contributed by atoms with Gasteiger partial charge in [-0.25, -0.2) is 0 Å². The molecule has 2 N–H and O–H groups in total. The highest BCUT2D eigenvalue weighted by atomic mass is 16.6. The number of benzene rings is 1. The molecule has 0 radical (unpaired) electrons. The summed E-state index contributed by atoms with van der Waals surface area (Å²) in [6.07, 6.45) is 2.11. The predicted octanol–water partition coefficient (Wildman–Crippen LogP) is 1.27. The van der Waals surface area contributed by atoms with E-state index in [0.29, 0.717) is 32.6 Å². The number of nitrogens with one attached hydrogen (secondary N) is 1. The second kappa shape index (κ2) is 6.78. The summed E-state index contributed by atoms with van der Waals surface area (Å²) < 4.78 is 5.23. The summed E-state index contributed by atoms with van der Waals surface area (Å²) in [5.41, 5.74) is 0.494. The number of hydrogen-bond acceptors (Lipinski definition) is 5. The van der Waals surface area contributed by atoms with Crippen molar-refractivity contribution < 1.29 is 14.8 Å². The third-order valence-corrected chi connectivity index (χ3v) is 3.62. The first-order valence-corrected chi connectivity index (χ1v) is 6.83. The summed E-state index contributed by atoms with van der Waals surface area (Å²) in [6, 6.07) is 6.56. The summed E-state index contributed by atoms with van der Waals surface area (Å²) in [5.74, 6) is 0. The van der Waals surface area contributed by atoms with Gasteiger partial charge in [-0.15, -0.1) is 0 Å². The molecule has 0 spiro atoms. The first-order valence-electron chi connectivity index (χ1n) is 6.83. The summed E-state index contributed by atoms with van der Waals surface area (Å²) in [7, 11) is 0. The largest absolute Gasteiger partial charge is 0.388 e. The van der Waals surface area contributed by atoms with Gasteiger partial charge >= 0.3 is 0 Å². The Balaban J connectivity index is 1.71. The van der Waals surface area contributed by atoms with Crippen LogP contribution >= 0.6 is 0 Å². The number of aliphatic hydroxyl groups is 1. The SMILES string of the molecule is O=[N+]([O-])c1ccc(CCNCC2(O)CCOCC2)cc1. The fourth-order valence-electron chi connectivity index (χ4n) is 2.27. The molecule has 6 nitrogen and oxygen atoms in total. The summed E-state index contributed by atoms with van der Waals surface area (Å²) in [6.45, 7) is 2.52. The second-order valence-electron chi connectivity index (χ2n) is 5.19. The average Bonchev–Trinajstić information content (AvgIpc) is 2.45. The fraction of sp³-hybridized carbons (Fsp3) is 0.571. The molecule has 0 aliphatic carbocycles. The Morgan fingerprint density at radius 2 is 1.95 bits per heavy atom. The zero-order chi connectivity index (χ0) is 14.4. The van der Waals surface area contributed by atoms with E-state index in [4.69, 9.17) is 4.74 Å².